The van der Waals surface area contributed by atoms with E-state index in [2.05, 4.69) is 79.2 Å². The molecule has 0 spiro atoms. The van der Waals surface area contributed by atoms with Gasteiger partial charge in [-0.2, -0.15) is 0 Å². The molecule has 0 fully saturated rings. The molecule has 6 nitrogen and oxygen atoms in total. The van der Waals surface area contributed by atoms with Gasteiger partial charge < -0.3 is 19.7 Å². The van der Waals surface area contributed by atoms with Crippen molar-refractivity contribution < 1.29 is 9.59 Å². The molecule has 1 aromatic heterocycles. The summed E-state index contributed by atoms with van der Waals surface area (Å²) in [5.41, 5.74) is 7.30. The van der Waals surface area contributed by atoms with Crippen molar-refractivity contribution in [1.82, 2.24) is 14.8 Å². The number of para-hydroxylation sites is 1. The summed E-state index contributed by atoms with van der Waals surface area (Å²) >= 11 is 0. The summed E-state index contributed by atoms with van der Waals surface area (Å²) in [6.07, 6.45) is 3.41. The number of carbonyl (C=O) groups is 2. The van der Waals surface area contributed by atoms with Crippen molar-refractivity contribution in [2.24, 2.45) is 0 Å². The second kappa shape index (κ2) is 14.5. The first-order valence-electron chi connectivity index (χ1n) is 16.1. The number of aromatic amines is 1. The molecule has 0 atom stereocenters. The fourth-order valence-corrected chi connectivity index (χ4v) is 5.73. The summed E-state index contributed by atoms with van der Waals surface area (Å²) < 4.78 is 0. The Labute approximate surface area is 273 Å². The predicted octanol–water partition coefficient (Wildman–Crippen LogP) is 7.49. The molecule has 0 unspecified atom stereocenters. The van der Waals surface area contributed by atoms with Crippen LogP contribution in [0.1, 0.15) is 53.4 Å². The molecule has 46 heavy (non-hydrogen) atoms. The molecule has 4 aromatic carbocycles. The molecular formula is C40H46N4O2. The standard InChI is InChI=1S/C40H46N4O2/c1-40(2,3)34-19-17-32(18-20-34)39(46)44(25-23-30-11-7-6-8-12-30)29-38(45)43(28-31-15-21-35(22-16-31)42(4)5)26-24-33-27-41-37-14-10-9-13-36(33)37/h6-22,27,41H,23-26,28-29H2,1-5H3. The highest BCUT2D eigenvalue weighted by atomic mass is 16.2. The van der Waals surface area contributed by atoms with Gasteiger partial charge in [0.2, 0.25) is 5.91 Å². The van der Waals surface area contributed by atoms with E-state index in [9.17, 15) is 9.59 Å². The molecule has 2 amide bonds. The molecule has 6 heteroatoms. The van der Waals surface area contributed by atoms with Crippen LogP contribution in [0.5, 0.6) is 0 Å². The lowest BCUT2D eigenvalue weighted by Crippen LogP contribution is -2.44. The molecule has 0 bridgehead atoms. The Morgan fingerprint density at radius 2 is 1.35 bits per heavy atom. The second-order valence-corrected chi connectivity index (χ2v) is 13.3. The van der Waals surface area contributed by atoms with Crippen molar-refractivity contribution in [2.45, 2.75) is 45.6 Å². The maximum Gasteiger partial charge on any atom is 0.254 e. The number of fused-ring (bicyclic) bond motifs is 1. The number of aromatic nitrogens is 1. The first kappa shape index (κ1) is 32.6. The zero-order valence-corrected chi connectivity index (χ0v) is 27.8. The third-order valence-corrected chi connectivity index (χ3v) is 8.63. The average Bonchev–Trinajstić information content (AvgIpc) is 3.48. The molecule has 0 aliphatic heterocycles. The smallest absolute Gasteiger partial charge is 0.254 e. The molecule has 1 heterocycles. The van der Waals surface area contributed by atoms with Crippen molar-refractivity contribution >= 4 is 28.4 Å². The van der Waals surface area contributed by atoms with E-state index in [1.165, 1.54) is 16.5 Å². The SMILES string of the molecule is CN(C)c1ccc(CN(CCc2c[nH]c3ccccc23)C(=O)CN(CCc2ccccc2)C(=O)c2ccc(C(C)(C)C)cc2)cc1. The summed E-state index contributed by atoms with van der Waals surface area (Å²) in [4.78, 5) is 37.2. The van der Waals surface area contributed by atoms with E-state index in [1.54, 1.807) is 4.90 Å². The van der Waals surface area contributed by atoms with E-state index in [4.69, 9.17) is 0 Å². The van der Waals surface area contributed by atoms with Crippen LogP contribution in [0.4, 0.5) is 5.69 Å². The van der Waals surface area contributed by atoms with Crippen LogP contribution in [0.3, 0.4) is 0 Å². The van der Waals surface area contributed by atoms with Gasteiger partial charge in [-0.15, -0.1) is 0 Å². The van der Waals surface area contributed by atoms with Crippen LogP contribution in [-0.2, 0) is 29.6 Å². The molecule has 0 saturated heterocycles. The average molecular weight is 615 g/mol. The normalized spacial score (nSPS) is 11.4. The number of hydrogen-bond donors (Lipinski definition) is 1. The lowest BCUT2D eigenvalue weighted by Gasteiger charge is -2.28. The summed E-state index contributed by atoms with van der Waals surface area (Å²) in [5, 5.41) is 1.17. The molecule has 238 valence electrons. The Bertz CT molecular complexity index is 1730. The van der Waals surface area contributed by atoms with Gasteiger partial charge in [0.1, 0.15) is 6.54 Å². The molecule has 1 N–H and O–H groups in total. The van der Waals surface area contributed by atoms with Crippen LogP contribution in [0.15, 0.2) is 109 Å². The van der Waals surface area contributed by atoms with Crippen LogP contribution in [-0.4, -0.2) is 60.3 Å². The number of nitrogens with one attached hydrogen (secondary N) is 1. The zero-order valence-electron chi connectivity index (χ0n) is 27.8. The highest BCUT2D eigenvalue weighted by Crippen LogP contribution is 2.23. The first-order valence-corrected chi connectivity index (χ1v) is 16.1. The third-order valence-electron chi connectivity index (χ3n) is 8.63. The fraction of sp³-hybridized carbons (Fsp3) is 0.300. The van der Waals surface area contributed by atoms with Crippen LogP contribution < -0.4 is 4.90 Å². The summed E-state index contributed by atoms with van der Waals surface area (Å²) in [5.74, 6) is -0.194. The Morgan fingerprint density at radius 3 is 2.02 bits per heavy atom. The van der Waals surface area contributed by atoms with Crippen LogP contribution in [0.25, 0.3) is 10.9 Å². The topological polar surface area (TPSA) is 59.7 Å². The zero-order chi connectivity index (χ0) is 32.7. The number of carbonyl (C=O) groups excluding carboxylic acids is 2. The van der Waals surface area contributed by atoms with Crippen molar-refractivity contribution in [1.29, 1.82) is 0 Å². The molecule has 0 aliphatic carbocycles. The van der Waals surface area contributed by atoms with E-state index in [0.717, 1.165) is 22.3 Å². The van der Waals surface area contributed by atoms with E-state index in [0.29, 0.717) is 38.0 Å². The van der Waals surface area contributed by atoms with Crippen molar-refractivity contribution in [3.05, 3.63) is 137 Å². The van der Waals surface area contributed by atoms with Gasteiger partial charge in [0, 0.05) is 62.1 Å². The highest BCUT2D eigenvalue weighted by Gasteiger charge is 2.24. The summed E-state index contributed by atoms with van der Waals surface area (Å²) in [6, 6.07) is 34.5. The molecule has 0 saturated carbocycles. The van der Waals surface area contributed by atoms with Crippen molar-refractivity contribution in [3.8, 4) is 0 Å². The number of hydrogen-bond acceptors (Lipinski definition) is 3. The predicted molar refractivity (Wildman–Crippen MR) is 189 cm³/mol. The lowest BCUT2D eigenvalue weighted by molar-refractivity contribution is -0.132. The van der Waals surface area contributed by atoms with E-state index < -0.39 is 0 Å². The monoisotopic (exact) mass is 614 g/mol. The number of rotatable bonds is 12. The van der Waals surface area contributed by atoms with Crippen LogP contribution >= 0.6 is 0 Å². The van der Waals surface area contributed by atoms with E-state index in [1.807, 2.05) is 79.8 Å². The van der Waals surface area contributed by atoms with Crippen molar-refractivity contribution in [2.75, 3.05) is 38.6 Å². The molecular weight excluding hydrogens is 568 g/mol. The van der Waals surface area contributed by atoms with Gasteiger partial charge in [-0.1, -0.05) is 93.6 Å². The molecule has 5 aromatic rings. The second-order valence-electron chi connectivity index (χ2n) is 13.3. The third kappa shape index (κ3) is 8.25. The van der Waals surface area contributed by atoms with Gasteiger partial charge in [0.05, 0.1) is 0 Å². The molecule has 5 rings (SSSR count). The Hall–Kier alpha value is -4.84. The number of anilines is 1. The quantitative estimate of drug-likeness (QED) is 0.158. The minimum atomic E-state index is -0.128. The molecule has 0 radical (unpaired) electrons. The largest absolute Gasteiger partial charge is 0.378 e. The summed E-state index contributed by atoms with van der Waals surface area (Å²) in [6.45, 7) is 7.95. The van der Waals surface area contributed by atoms with E-state index in [-0.39, 0.29) is 23.8 Å². The van der Waals surface area contributed by atoms with E-state index >= 15 is 0 Å². The Kier molecular flexibility index (Phi) is 10.3. The minimum Gasteiger partial charge on any atom is -0.378 e. The first-order chi connectivity index (χ1) is 22.1. The number of amides is 2. The number of H-pyrrole nitrogens is 1. The van der Waals surface area contributed by atoms with Gasteiger partial charge in [0.15, 0.2) is 0 Å². The summed E-state index contributed by atoms with van der Waals surface area (Å²) in [7, 11) is 4.04. The number of nitrogens with zero attached hydrogens (tertiary/aromatic N) is 3. The molecule has 0 aliphatic rings. The Morgan fingerprint density at radius 1 is 0.696 bits per heavy atom. The number of benzene rings is 4. The van der Waals surface area contributed by atoms with Gasteiger partial charge in [-0.3, -0.25) is 9.59 Å². The van der Waals surface area contributed by atoms with Crippen LogP contribution in [0, 0.1) is 0 Å². The highest BCUT2D eigenvalue weighted by molar-refractivity contribution is 5.96. The van der Waals surface area contributed by atoms with Gasteiger partial charge in [-0.05, 0) is 70.8 Å². The van der Waals surface area contributed by atoms with Gasteiger partial charge in [0.25, 0.3) is 5.91 Å². The van der Waals surface area contributed by atoms with Crippen molar-refractivity contribution in [3.63, 3.8) is 0 Å². The van der Waals surface area contributed by atoms with Crippen LogP contribution in [0.2, 0.25) is 0 Å². The maximum absolute atomic E-state index is 14.2. The van der Waals surface area contributed by atoms with Gasteiger partial charge >= 0.3 is 0 Å². The van der Waals surface area contributed by atoms with Gasteiger partial charge in [-0.25, -0.2) is 0 Å². The maximum atomic E-state index is 14.2. The lowest BCUT2D eigenvalue weighted by atomic mass is 9.86. The minimum absolute atomic E-state index is 0.0103. The fourth-order valence-electron chi connectivity index (χ4n) is 5.73. The Balaban J connectivity index is 1.39.